The predicted molar refractivity (Wildman–Crippen MR) is 31.2 cm³/mol. The molecule has 0 radical (unpaired) electrons. The van der Waals surface area contributed by atoms with Crippen LogP contribution in [0.2, 0.25) is 0 Å². The van der Waals surface area contributed by atoms with Gasteiger partial charge in [-0.15, -0.1) is 5.17 Å². The minimum atomic E-state index is -0.870. The molecule has 1 fully saturated rings. The molecule has 10 heavy (non-hydrogen) atoms. The van der Waals surface area contributed by atoms with E-state index >= 15 is 0 Å². The van der Waals surface area contributed by atoms with Gasteiger partial charge in [-0.1, -0.05) is 0 Å². The first-order valence-electron chi connectivity index (χ1n) is 2.98. The quantitative estimate of drug-likeness (QED) is 0.348. The van der Waals surface area contributed by atoms with Gasteiger partial charge in [0, 0.05) is 0 Å². The van der Waals surface area contributed by atoms with Gasteiger partial charge in [0.05, 0.1) is 6.54 Å². The summed E-state index contributed by atoms with van der Waals surface area (Å²) in [6, 6.07) is 0. The van der Waals surface area contributed by atoms with Crippen molar-refractivity contribution in [2.75, 3.05) is 6.54 Å². The van der Waals surface area contributed by atoms with Crippen LogP contribution in [-0.2, 0) is 0 Å². The highest BCUT2D eigenvalue weighted by atomic mass is 16.6. The lowest BCUT2D eigenvalue weighted by Gasteiger charge is -2.21. The lowest BCUT2D eigenvalue weighted by Crippen LogP contribution is -2.46. The van der Waals surface area contributed by atoms with E-state index < -0.39 is 12.5 Å². The van der Waals surface area contributed by atoms with Gasteiger partial charge in [0.25, 0.3) is 0 Å². The van der Waals surface area contributed by atoms with Crippen LogP contribution >= 0.6 is 0 Å². The van der Waals surface area contributed by atoms with Crippen LogP contribution in [0, 0.1) is 0 Å². The Hall–Kier alpha value is -0.240. The molecule has 0 aliphatic carbocycles. The zero-order valence-corrected chi connectivity index (χ0v) is 5.60. The third-order valence-corrected chi connectivity index (χ3v) is 1.29. The minimum absolute atomic E-state index is 0.0604. The molecule has 1 saturated heterocycles. The average molecular weight is 149 g/mol. The maximum Gasteiger partial charge on any atom is 0.140 e. The molecular formula is C4H11N3O3. The number of hydrogen-bond acceptors (Lipinski definition) is 6. The van der Waals surface area contributed by atoms with Gasteiger partial charge in [0.15, 0.2) is 0 Å². The molecule has 0 spiro atoms. The summed E-state index contributed by atoms with van der Waals surface area (Å²) in [6.07, 6.45) is -1.70. The van der Waals surface area contributed by atoms with Crippen molar-refractivity contribution in [1.82, 2.24) is 15.7 Å². The van der Waals surface area contributed by atoms with E-state index in [0.29, 0.717) is 5.17 Å². The largest absolute Gasteiger partial charge is 0.377 e. The Labute approximate surface area is 58.2 Å². The Morgan fingerprint density at radius 2 is 2.30 bits per heavy atom. The van der Waals surface area contributed by atoms with E-state index in [1.807, 2.05) is 0 Å². The third-order valence-electron chi connectivity index (χ3n) is 1.29. The maximum atomic E-state index is 9.03. The molecular weight excluding hydrogens is 138 g/mol. The molecule has 1 aliphatic rings. The Kier molecular flexibility index (Phi) is 2.19. The molecule has 0 aromatic carbocycles. The number of hydrogen-bond donors (Lipinski definition) is 4. The van der Waals surface area contributed by atoms with Crippen molar-refractivity contribution >= 4 is 0 Å². The van der Waals surface area contributed by atoms with Gasteiger partial charge in [-0.05, 0) is 6.92 Å². The van der Waals surface area contributed by atoms with E-state index in [1.54, 1.807) is 0 Å². The summed E-state index contributed by atoms with van der Waals surface area (Å²) < 4.78 is 0. The van der Waals surface area contributed by atoms with E-state index in [-0.39, 0.29) is 6.54 Å². The number of rotatable bonds is 1. The zero-order valence-electron chi connectivity index (χ0n) is 5.60. The van der Waals surface area contributed by atoms with Crippen molar-refractivity contribution < 1.29 is 15.4 Å². The summed E-state index contributed by atoms with van der Waals surface area (Å²) in [4.78, 5) is 0. The van der Waals surface area contributed by atoms with Crippen LogP contribution in [0.1, 0.15) is 6.92 Å². The Morgan fingerprint density at radius 3 is 2.50 bits per heavy atom. The first-order chi connectivity index (χ1) is 4.61. The summed E-state index contributed by atoms with van der Waals surface area (Å²) in [7, 11) is 0. The second kappa shape index (κ2) is 2.79. The summed E-state index contributed by atoms with van der Waals surface area (Å²) >= 11 is 0. The fourth-order valence-corrected chi connectivity index (χ4v) is 0.816. The second-order valence-electron chi connectivity index (χ2n) is 2.20. The van der Waals surface area contributed by atoms with Crippen LogP contribution in [0.4, 0.5) is 0 Å². The van der Waals surface area contributed by atoms with Crippen LogP contribution in [0.5, 0.6) is 0 Å². The Bertz CT molecular complexity index is 120. The highest BCUT2D eigenvalue weighted by molar-refractivity contribution is 4.63. The van der Waals surface area contributed by atoms with Gasteiger partial charge in [0.1, 0.15) is 12.5 Å². The molecule has 0 amide bonds. The molecule has 1 heterocycles. The lowest BCUT2D eigenvalue weighted by molar-refractivity contribution is -0.168. The monoisotopic (exact) mass is 149 g/mol. The molecule has 0 aromatic heterocycles. The Balaban J connectivity index is 2.46. The molecule has 6 nitrogen and oxygen atoms in total. The summed E-state index contributed by atoms with van der Waals surface area (Å²) in [6.45, 7) is 1.54. The maximum absolute atomic E-state index is 9.03. The predicted octanol–water partition coefficient (Wildman–Crippen LogP) is -1.93. The number of β-amino-alcohol motifs (C(OH)–C–C–N with tert-alkyl or cyclic N) is 1. The molecule has 4 N–H and O–H groups in total. The lowest BCUT2D eigenvalue weighted by atomic mass is 10.5. The van der Waals surface area contributed by atoms with Gasteiger partial charge < -0.3 is 10.2 Å². The van der Waals surface area contributed by atoms with Crippen LogP contribution in [0.3, 0.4) is 0 Å². The molecule has 60 valence electrons. The smallest absolute Gasteiger partial charge is 0.140 e. The number of nitrogens with one attached hydrogen (secondary N) is 1. The van der Waals surface area contributed by atoms with Gasteiger partial charge in [-0.2, -0.15) is 10.5 Å². The molecule has 0 aromatic rings. The van der Waals surface area contributed by atoms with E-state index in [0.717, 1.165) is 5.01 Å². The topological polar surface area (TPSA) is 79.2 Å². The van der Waals surface area contributed by atoms with Crippen molar-refractivity contribution in [2.45, 2.75) is 19.4 Å². The highest BCUT2D eigenvalue weighted by Gasteiger charge is 2.30. The number of hydroxylamine groups is 1. The SMILES string of the molecule is CC(O)N1NN(O)CC1O. The minimum Gasteiger partial charge on any atom is -0.377 e. The van der Waals surface area contributed by atoms with E-state index in [9.17, 15) is 0 Å². The molecule has 6 heteroatoms. The number of nitrogens with zero attached hydrogens (tertiary/aromatic N) is 2. The third kappa shape index (κ3) is 1.43. The van der Waals surface area contributed by atoms with Crippen molar-refractivity contribution in [1.29, 1.82) is 0 Å². The number of aliphatic hydroxyl groups excluding tert-OH is 2. The molecule has 0 saturated carbocycles. The van der Waals surface area contributed by atoms with Crippen LogP contribution in [0.15, 0.2) is 0 Å². The summed E-state index contributed by atoms with van der Waals surface area (Å²) in [5, 5.41) is 28.5. The van der Waals surface area contributed by atoms with E-state index in [2.05, 4.69) is 5.53 Å². The van der Waals surface area contributed by atoms with Crippen molar-refractivity contribution in [3.63, 3.8) is 0 Å². The molecule has 1 rings (SSSR count). The highest BCUT2D eigenvalue weighted by Crippen LogP contribution is 2.04. The van der Waals surface area contributed by atoms with Crippen LogP contribution in [-0.4, -0.2) is 44.6 Å². The van der Waals surface area contributed by atoms with Gasteiger partial charge >= 0.3 is 0 Å². The van der Waals surface area contributed by atoms with Crippen LogP contribution in [0.25, 0.3) is 0 Å². The molecule has 1 aliphatic heterocycles. The van der Waals surface area contributed by atoms with Gasteiger partial charge in [-0.25, -0.2) is 0 Å². The molecule has 2 unspecified atom stereocenters. The summed E-state index contributed by atoms with van der Waals surface area (Å²) in [5.41, 5.74) is 2.33. The van der Waals surface area contributed by atoms with Gasteiger partial charge in [0.2, 0.25) is 0 Å². The second-order valence-corrected chi connectivity index (χ2v) is 2.20. The van der Waals surface area contributed by atoms with Crippen LogP contribution < -0.4 is 5.53 Å². The first-order valence-corrected chi connectivity index (χ1v) is 2.98. The summed E-state index contributed by atoms with van der Waals surface area (Å²) in [5.74, 6) is 0. The van der Waals surface area contributed by atoms with Crippen molar-refractivity contribution in [3.05, 3.63) is 0 Å². The van der Waals surface area contributed by atoms with Crippen molar-refractivity contribution in [2.24, 2.45) is 0 Å². The van der Waals surface area contributed by atoms with Gasteiger partial charge in [-0.3, -0.25) is 5.21 Å². The van der Waals surface area contributed by atoms with Crippen molar-refractivity contribution in [3.8, 4) is 0 Å². The Morgan fingerprint density at radius 1 is 1.70 bits per heavy atom. The first kappa shape index (κ1) is 7.86. The normalized spacial score (nSPS) is 33.0. The standard InChI is InChI=1S/C4H11N3O3/c1-3(8)7-4(9)2-6(10)5-7/h3-5,8-10H,2H2,1H3. The molecule has 0 bridgehead atoms. The average Bonchev–Trinajstić information content (AvgIpc) is 2.10. The fourth-order valence-electron chi connectivity index (χ4n) is 0.816. The number of aliphatic hydroxyl groups is 2. The molecule has 2 atom stereocenters. The van der Waals surface area contributed by atoms with E-state index in [4.69, 9.17) is 15.4 Å². The fraction of sp³-hybridized carbons (Fsp3) is 1.00. The zero-order chi connectivity index (χ0) is 7.72. The van der Waals surface area contributed by atoms with E-state index in [1.165, 1.54) is 6.92 Å². The number of hydrazine groups is 2.